The maximum Gasteiger partial charge on any atom is 0.261 e. The first-order chi connectivity index (χ1) is 8.08. The van der Waals surface area contributed by atoms with E-state index in [1.807, 2.05) is 6.92 Å². The van der Waals surface area contributed by atoms with Crippen LogP contribution in [0.3, 0.4) is 0 Å². The lowest BCUT2D eigenvalue weighted by Gasteiger charge is -2.07. The summed E-state index contributed by atoms with van der Waals surface area (Å²) in [4.78, 5) is 12.3. The molecular weight excluding hydrogens is 306 g/mol. The van der Waals surface area contributed by atoms with Crippen LogP contribution in [0.5, 0.6) is 5.75 Å². The highest BCUT2D eigenvalue weighted by Gasteiger charge is 2.13. The van der Waals surface area contributed by atoms with Crippen molar-refractivity contribution < 1.29 is 14.6 Å². The van der Waals surface area contributed by atoms with Crippen molar-refractivity contribution in [2.75, 3.05) is 13.7 Å². The molecule has 1 atom stereocenters. The average Bonchev–Trinajstić information content (AvgIpc) is 2.70. The number of ether oxygens (including phenoxy) is 1. The van der Waals surface area contributed by atoms with Gasteiger partial charge in [-0.15, -0.1) is 11.3 Å². The molecule has 1 aromatic rings. The third kappa shape index (κ3) is 4.29. The zero-order chi connectivity index (χ0) is 12.8. The van der Waals surface area contributed by atoms with Crippen molar-refractivity contribution in [2.24, 2.45) is 0 Å². The number of hydrogen-bond acceptors (Lipinski definition) is 4. The van der Waals surface area contributed by atoms with E-state index in [2.05, 4.69) is 21.2 Å². The highest BCUT2D eigenvalue weighted by Crippen LogP contribution is 2.34. The summed E-state index contributed by atoms with van der Waals surface area (Å²) in [5.74, 6) is 0.524. The maximum absolute atomic E-state index is 11.7. The second-order valence-electron chi connectivity index (χ2n) is 3.56. The minimum Gasteiger partial charge on any atom is -0.495 e. The molecule has 1 amide bonds. The van der Waals surface area contributed by atoms with E-state index in [1.165, 1.54) is 11.3 Å². The van der Waals surface area contributed by atoms with Gasteiger partial charge in [0.25, 0.3) is 5.91 Å². The van der Waals surface area contributed by atoms with Gasteiger partial charge in [0.1, 0.15) is 9.54 Å². The molecule has 96 valence electrons. The number of halogens is 1. The normalized spacial score (nSPS) is 12.2. The van der Waals surface area contributed by atoms with E-state index >= 15 is 0 Å². The lowest BCUT2D eigenvalue weighted by molar-refractivity contribution is 0.0946. The molecule has 0 saturated heterocycles. The topological polar surface area (TPSA) is 58.6 Å². The van der Waals surface area contributed by atoms with Crippen molar-refractivity contribution in [2.45, 2.75) is 25.9 Å². The van der Waals surface area contributed by atoms with Crippen molar-refractivity contribution in [3.05, 3.63) is 14.7 Å². The van der Waals surface area contributed by atoms with E-state index in [0.717, 1.165) is 3.79 Å². The predicted molar refractivity (Wildman–Crippen MR) is 71.8 cm³/mol. The number of rotatable bonds is 6. The molecule has 1 rings (SSSR count). The number of carbonyl (C=O) groups excluding carboxylic acids is 1. The number of aliphatic hydroxyl groups is 1. The van der Waals surface area contributed by atoms with Gasteiger partial charge in [0.2, 0.25) is 0 Å². The van der Waals surface area contributed by atoms with Crippen LogP contribution < -0.4 is 10.1 Å². The van der Waals surface area contributed by atoms with Gasteiger partial charge in [-0.25, -0.2) is 0 Å². The molecule has 0 aliphatic rings. The minimum atomic E-state index is -0.347. The summed E-state index contributed by atoms with van der Waals surface area (Å²) < 4.78 is 5.88. The monoisotopic (exact) mass is 321 g/mol. The fourth-order valence-electron chi connectivity index (χ4n) is 1.25. The van der Waals surface area contributed by atoms with Crippen LogP contribution in [0.15, 0.2) is 9.85 Å². The number of aliphatic hydroxyl groups excluding tert-OH is 1. The Hall–Kier alpha value is -0.590. The SMILES string of the molecule is CCC(O)CCNC(=O)c1cc(OC)c(Br)s1. The van der Waals surface area contributed by atoms with Crippen LogP contribution in [0.1, 0.15) is 29.4 Å². The summed E-state index contributed by atoms with van der Waals surface area (Å²) in [6, 6.07) is 1.69. The van der Waals surface area contributed by atoms with E-state index < -0.39 is 0 Å². The van der Waals surface area contributed by atoms with Gasteiger partial charge in [-0.3, -0.25) is 4.79 Å². The van der Waals surface area contributed by atoms with Crippen LogP contribution >= 0.6 is 27.3 Å². The molecule has 0 aliphatic carbocycles. The van der Waals surface area contributed by atoms with Crippen molar-refractivity contribution in [3.63, 3.8) is 0 Å². The molecule has 0 aromatic carbocycles. The van der Waals surface area contributed by atoms with Crippen LogP contribution in [0.25, 0.3) is 0 Å². The third-order valence-electron chi connectivity index (χ3n) is 2.33. The van der Waals surface area contributed by atoms with Crippen LogP contribution in [-0.4, -0.2) is 30.8 Å². The number of nitrogens with one attached hydrogen (secondary N) is 1. The molecular formula is C11H16BrNO3S. The van der Waals surface area contributed by atoms with Crippen LogP contribution in [0.2, 0.25) is 0 Å². The van der Waals surface area contributed by atoms with Crippen molar-refractivity contribution >= 4 is 33.2 Å². The van der Waals surface area contributed by atoms with Gasteiger partial charge >= 0.3 is 0 Å². The second kappa shape index (κ2) is 6.98. The van der Waals surface area contributed by atoms with Gasteiger partial charge in [0.15, 0.2) is 0 Å². The summed E-state index contributed by atoms with van der Waals surface area (Å²) in [5, 5.41) is 12.1. The zero-order valence-corrected chi connectivity index (χ0v) is 12.2. The van der Waals surface area contributed by atoms with Gasteiger partial charge < -0.3 is 15.2 Å². The Morgan fingerprint density at radius 1 is 1.71 bits per heavy atom. The van der Waals surface area contributed by atoms with Crippen LogP contribution in [0.4, 0.5) is 0 Å². The first-order valence-electron chi connectivity index (χ1n) is 5.38. The number of hydrogen-bond donors (Lipinski definition) is 2. The van der Waals surface area contributed by atoms with E-state index in [1.54, 1.807) is 13.2 Å². The second-order valence-corrected chi connectivity index (χ2v) is 5.93. The molecule has 1 heterocycles. The quantitative estimate of drug-likeness (QED) is 0.846. The van der Waals surface area contributed by atoms with E-state index in [9.17, 15) is 9.90 Å². The Morgan fingerprint density at radius 3 is 2.94 bits per heavy atom. The summed E-state index contributed by atoms with van der Waals surface area (Å²) in [5.41, 5.74) is 0. The number of thiophene rings is 1. The Kier molecular flexibility index (Phi) is 5.94. The van der Waals surface area contributed by atoms with E-state index in [4.69, 9.17) is 4.74 Å². The summed E-state index contributed by atoms with van der Waals surface area (Å²) >= 11 is 4.65. The molecule has 4 nitrogen and oxygen atoms in total. The summed E-state index contributed by atoms with van der Waals surface area (Å²) in [7, 11) is 1.56. The lowest BCUT2D eigenvalue weighted by Crippen LogP contribution is -2.26. The molecule has 17 heavy (non-hydrogen) atoms. The molecule has 0 radical (unpaired) electrons. The molecule has 0 bridgehead atoms. The van der Waals surface area contributed by atoms with Crippen molar-refractivity contribution in [1.82, 2.24) is 5.32 Å². The highest BCUT2D eigenvalue weighted by molar-refractivity contribution is 9.11. The van der Waals surface area contributed by atoms with Crippen LogP contribution in [-0.2, 0) is 0 Å². The lowest BCUT2D eigenvalue weighted by atomic mass is 10.2. The number of methoxy groups -OCH3 is 1. The average molecular weight is 322 g/mol. The molecule has 0 aliphatic heterocycles. The summed E-state index contributed by atoms with van der Waals surface area (Å²) in [6.45, 7) is 2.39. The maximum atomic E-state index is 11.7. The first kappa shape index (κ1) is 14.5. The van der Waals surface area contributed by atoms with Crippen LogP contribution in [0, 0.1) is 0 Å². The fourth-order valence-corrected chi connectivity index (χ4v) is 2.81. The van der Waals surface area contributed by atoms with E-state index in [-0.39, 0.29) is 12.0 Å². The van der Waals surface area contributed by atoms with Gasteiger partial charge in [-0.1, -0.05) is 6.92 Å². The zero-order valence-electron chi connectivity index (χ0n) is 9.83. The van der Waals surface area contributed by atoms with Gasteiger partial charge in [-0.2, -0.15) is 0 Å². The Bertz CT molecular complexity index is 381. The standard InChI is InChI=1S/C11H16BrNO3S/c1-3-7(14)4-5-13-11(15)9-6-8(16-2)10(12)17-9/h6-7,14H,3-5H2,1-2H3,(H,13,15). The van der Waals surface area contributed by atoms with Crippen molar-refractivity contribution in [1.29, 1.82) is 0 Å². The van der Waals surface area contributed by atoms with Gasteiger partial charge in [0.05, 0.1) is 18.1 Å². The predicted octanol–water partition coefficient (Wildman–Crippen LogP) is 2.41. The van der Waals surface area contributed by atoms with Gasteiger partial charge in [0, 0.05) is 12.6 Å². The molecule has 0 fully saturated rings. The molecule has 1 aromatic heterocycles. The Balaban J connectivity index is 2.47. The molecule has 1 unspecified atom stereocenters. The number of amides is 1. The fraction of sp³-hybridized carbons (Fsp3) is 0.545. The minimum absolute atomic E-state index is 0.137. The smallest absolute Gasteiger partial charge is 0.261 e. The molecule has 0 saturated carbocycles. The first-order valence-corrected chi connectivity index (χ1v) is 6.99. The van der Waals surface area contributed by atoms with Crippen molar-refractivity contribution in [3.8, 4) is 5.75 Å². The van der Waals surface area contributed by atoms with E-state index in [0.29, 0.717) is 30.0 Å². The molecule has 0 spiro atoms. The highest BCUT2D eigenvalue weighted by atomic mass is 79.9. The van der Waals surface area contributed by atoms with Gasteiger partial charge in [-0.05, 0) is 28.8 Å². The number of carbonyl (C=O) groups is 1. The largest absolute Gasteiger partial charge is 0.495 e. The molecule has 2 N–H and O–H groups in total. The third-order valence-corrected chi connectivity index (χ3v) is 4.11. The Labute approximate surface area is 113 Å². The summed E-state index contributed by atoms with van der Waals surface area (Å²) in [6.07, 6.45) is 0.931. The molecule has 6 heteroatoms. The Morgan fingerprint density at radius 2 is 2.41 bits per heavy atom.